The molecule has 0 atom stereocenters. The summed E-state index contributed by atoms with van der Waals surface area (Å²) in [6.45, 7) is 3.41. The average molecular weight is 293 g/mol. The fourth-order valence-corrected chi connectivity index (χ4v) is 1.87. The largest absolute Gasteiger partial charge is 0.370 e. The molecule has 1 fully saturated rings. The van der Waals surface area contributed by atoms with Gasteiger partial charge in [-0.25, -0.2) is 4.98 Å². The Kier molecular flexibility index (Phi) is 4.91. The summed E-state index contributed by atoms with van der Waals surface area (Å²) < 4.78 is 0. The number of carbonyl (C=O) groups is 1. The maximum Gasteiger partial charge on any atom is 0.311 e. The van der Waals surface area contributed by atoms with E-state index in [-0.39, 0.29) is 23.3 Å². The molecule has 0 spiro atoms. The molecule has 1 amide bonds. The van der Waals surface area contributed by atoms with Crippen LogP contribution in [0.25, 0.3) is 0 Å². The first-order valence-corrected chi connectivity index (χ1v) is 7.02. The smallest absolute Gasteiger partial charge is 0.311 e. The molecule has 3 N–H and O–H groups in total. The van der Waals surface area contributed by atoms with Gasteiger partial charge >= 0.3 is 5.69 Å². The standard InChI is InChI=1S/C13H19N5O3/c1-2-14-11-6-5-10(18(20)21)12(17-11)15-7-8-16-13(19)9-3-4-9/h5-6,9H,2-4,7-8H2,1H3,(H,16,19)(H2,14,15,17). The number of anilines is 2. The third-order valence-corrected chi connectivity index (χ3v) is 3.09. The number of carbonyl (C=O) groups excluding carboxylic acids is 1. The minimum atomic E-state index is -0.478. The number of nitrogens with one attached hydrogen (secondary N) is 3. The van der Waals surface area contributed by atoms with Crippen LogP contribution >= 0.6 is 0 Å². The lowest BCUT2D eigenvalue weighted by Crippen LogP contribution is -2.30. The topological polar surface area (TPSA) is 109 Å². The molecular formula is C13H19N5O3. The van der Waals surface area contributed by atoms with Crippen molar-refractivity contribution in [3.63, 3.8) is 0 Å². The predicted octanol–water partition coefficient (Wildman–Crippen LogP) is 1.36. The Morgan fingerprint density at radius 2 is 2.14 bits per heavy atom. The summed E-state index contributed by atoms with van der Waals surface area (Å²) in [6.07, 6.45) is 1.91. The van der Waals surface area contributed by atoms with E-state index >= 15 is 0 Å². The van der Waals surface area contributed by atoms with Crippen LogP contribution < -0.4 is 16.0 Å². The van der Waals surface area contributed by atoms with Gasteiger partial charge in [0.2, 0.25) is 11.7 Å². The summed E-state index contributed by atoms with van der Waals surface area (Å²) >= 11 is 0. The summed E-state index contributed by atoms with van der Waals surface area (Å²) in [7, 11) is 0. The summed E-state index contributed by atoms with van der Waals surface area (Å²) in [5.74, 6) is 1.00. The van der Waals surface area contributed by atoms with Crippen molar-refractivity contribution in [2.24, 2.45) is 5.92 Å². The van der Waals surface area contributed by atoms with Crippen LogP contribution in [0.4, 0.5) is 17.3 Å². The van der Waals surface area contributed by atoms with E-state index in [9.17, 15) is 14.9 Å². The number of amides is 1. The van der Waals surface area contributed by atoms with Crippen LogP contribution in [0.5, 0.6) is 0 Å². The Balaban J connectivity index is 1.91. The highest BCUT2D eigenvalue weighted by atomic mass is 16.6. The number of nitro groups is 1. The summed E-state index contributed by atoms with van der Waals surface area (Å²) in [6, 6.07) is 2.98. The van der Waals surface area contributed by atoms with Crippen molar-refractivity contribution in [2.45, 2.75) is 19.8 Å². The number of hydrogen-bond donors (Lipinski definition) is 3. The molecule has 21 heavy (non-hydrogen) atoms. The van der Waals surface area contributed by atoms with Crippen LogP contribution in [0.2, 0.25) is 0 Å². The van der Waals surface area contributed by atoms with E-state index < -0.39 is 4.92 Å². The second kappa shape index (κ2) is 6.87. The Morgan fingerprint density at radius 3 is 2.76 bits per heavy atom. The second-order valence-electron chi connectivity index (χ2n) is 4.84. The molecule has 0 aliphatic heterocycles. The maximum atomic E-state index is 11.5. The van der Waals surface area contributed by atoms with E-state index in [1.54, 1.807) is 6.07 Å². The third kappa shape index (κ3) is 4.30. The zero-order valence-corrected chi connectivity index (χ0v) is 11.9. The average Bonchev–Trinajstić information content (AvgIpc) is 3.28. The van der Waals surface area contributed by atoms with E-state index in [4.69, 9.17) is 0 Å². The number of aromatic nitrogens is 1. The first-order chi connectivity index (χ1) is 10.1. The number of rotatable bonds is 8. The molecule has 1 aromatic rings. The molecule has 1 aliphatic carbocycles. The number of hydrogen-bond acceptors (Lipinski definition) is 6. The minimum Gasteiger partial charge on any atom is -0.370 e. The Labute approximate surface area is 122 Å². The highest BCUT2D eigenvalue weighted by molar-refractivity contribution is 5.80. The second-order valence-corrected chi connectivity index (χ2v) is 4.84. The van der Waals surface area contributed by atoms with Crippen molar-refractivity contribution < 1.29 is 9.72 Å². The number of pyridine rings is 1. The summed E-state index contributed by atoms with van der Waals surface area (Å²) in [5.41, 5.74) is -0.0785. The highest BCUT2D eigenvalue weighted by Gasteiger charge is 2.29. The maximum absolute atomic E-state index is 11.5. The molecule has 1 aliphatic rings. The molecule has 1 heterocycles. The SMILES string of the molecule is CCNc1ccc([N+](=O)[O-])c(NCCNC(=O)C2CC2)n1. The van der Waals surface area contributed by atoms with Crippen LogP contribution in [-0.4, -0.2) is 35.4 Å². The zero-order chi connectivity index (χ0) is 15.2. The lowest BCUT2D eigenvalue weighted by atomic mass is 10.3. The van der Waals surface area contributed by atoms with Crippen molar-refractivity contribution >= 4 is 23.2 Å². The summed E-state index contributed by atoms with van der Waals surface area (Å²) in [4.78, 5) is 26.1. The van der Waals surface area contributed by atoms with Gasteiger partial charge in [0.1, 0.15) is 5.82 Å². The Morgan fingerprint density at radius 1 is 1.38 bits per heavy atom. The monoisotopic (exact) mass is 293 g/mol. The molecular weight excluding hydrogens is 274 g/mol. The molecule has 0 bridgehead atoms. The molecule has 0 unspecified atom stereocenters. The molecule has 114 valence electrons. The summed E-state index contributed by atoms with van der Waals surface area (Å²) in [5, 5.41) is 19.7. The van der Waals surface area contributed by atoms with Gasteiger partial charge in [-0.15, -0.1) is 0 Å². The lowest BCUT2D eigenvalue weighted by molar-refractivity contribution is -0.384. The van der Waals surface area contributed by atoms with E-state index in [2.05, 4.69) is 20.9 Å². The van der Waals surface area contributed by atoms with E-state index in [1.165, 1.54) is 6.07 Å². The van der Waals surface area contributed by atoms with Gasteiger partial charge in [-0.05, 0) is 25.8 Å². The first kappa shape index (κ1) is 15.0. The van der Waals surface area contributed by atoms with Crippen LogP contribution in [0.3, 0.4) is 0 Å². The van der Waals surface area contributed by atoms with Gasteiger partial charge in [-0.1, -0.05) is 0 Å². The van der Waals surface area contributed by atoms with Crippen LogP contribution in [0.15, 0.2) is 12.1 Å². The van der Waals surface area contributed by atoms with Gasteiger partial charge in [0.25, 0.3) is 0 Å². The quantitative estimate of drug-likeness (QED) is 0.379. The van der Waals surface area contributed by atoms with Crippen molar-refractivity contribution in [2.75, 3.05) is 30.3 Å². The zero-order valence-electron chi connectivity index (χ0n) is 11.9. The van der Waals surface area contributed by atoms with E-state index in [1.807, 2.05) is 6.92 Å². The lowest BCUT2D eigenvalue weighted by Gasteiger charge is -2.09. The normalized spacial score (nSPS) is 13.6. The Hall–Kier alpha value is -2.38. The molecule has 8 nitrogen and oxygen atoms in total. The molecule has 0 aromatic carbocycles. The van der Waals surface area contributed by atoms with Gasteiger partial charge in [-0.2, -0.15) is 0 Å². The fraction of sp³-hybridized carbons (Fsp3) is 0.538. The molecule has 0 saturated heterocycles. The highest BCUT2D eigenvalue weighted by Crippen LogP contribution is 2.28. The van der Waals surface area contributed by atoms with Gasteiger partial charge < -0.3 is 16.0 Å². The molecule has 2 rings (SSSR count). The van der Waals surface area contributed by atoms with Crippen LogP contribution in [-0.2, 0) is 4.79 Å². The van der Waals surface area contributed by atoms with E-state index in [0.717, 1.165) is 12.8 Å². The van der Waals surface area contributed by atoms with Crippen molar-refractivity contribution in [1.29, 1.82) is 0 Å². The number of nitrogens with zero attached hydrogens (tertiary/aromatic N) is 2. The fourth-order valence-electron chi connectivity index (χ4n) is 1.87. The predicted molar refractivity (Wildman–Crippen MR) is 79.3 cm³/mol. The van der Waals surface area contributed by atoms with Crippen LogP contribution in [0, 0.1) is 16.0 Å². The molecule has 0 radical (unpaired) electrons. The third-order valence-electron chi connectivity index (χ3n) is 3.09. The molecule has 1 saturated carbocycles. The Bertz CT molecular complexity index is 531. The first-order valence-electron chi connectivity index (χ1n) is 7.02. The van der Waals surface area contributed by atoms with Gasteiger partial charge in [0.15, 0.2) is 0 Å². The molecule has 8 heteroatoms. The van der Waals surface area contributed by atoms with E-state index in [0.29, 0.717) is 25.5 Å². The van der Waals surface area contributed by atoms with Crippen molar-refractivity contribution in [1.82, 2.24) is 10.3 Å². The van der Waals surface area contributed by atoms with Crippen LogP contribution in [0.1, 0.15) is 19.8 Å². The van der Waals surface area contributed by atoms with Gasteiger partial charge in [0.05, 0.1) is 4.92 Å². The minimum absolute atomic E-state index is 0.0562. The van der Waals surface area contributed by atoms with Crippen molar-refractivity contribution in [3.05, 3.63) is 22.2 Å². The molecule has 1 aromatic heterocycles. The van der Waals surface area contributed by atoms with Gasteiger partial charge in [-0.3, -0.25) is 14.9 Å². The van der Waals surface area contributed by atoms with Gasteiger partial charge in [0, 0.05) is 31.6 Å². The van der Waals surface area contributed by atoms with Crippen molar-refractivity contribution in [3.8, 4) is 0 Å².